The summed E-state index contributed by atoms with van der Waals surface area (Å²) >= 11 is 6.10. The molecule has 0 aliphatic rings. The van der Waals surface area contributed by atoms with Crippen molar-refractivity contribution in [2.24, 2.45) is 0 Å². The standard InChI is InChI=1S/C14H16ClO/c1-3-4-6-10(2)14-11-7-5-8-13(15)12(11)9-16-14/h5,7-10H,2-4,6H2,1H3. The minimum absolute atomic E-state index is 0.218. The summed E-state index contributed by atoms with van der Waals surface area (Å²) in [7, 11) is 0. The van der Waals surface area contributed by atoms with Gasteiger partial charge in [0.05, 0.1) is 5.02 Å². The van der Waals surface area contributed by atoms with Crippen molar-refractivity contribution in [1.29, 1.82) is 0 Å². The molecule has 2 aromatic rings. The fourth-order valence-corrected chi connectivity index (χ4v) is 2.17. The van der Waals surface area contributed by atoms with E-state index in [-0.39, 0.29) is 5.92 Å². The lowest BCUT2D eigenvalue weighted by Crippen LogP contribution is -1.92. The molecule has 0 saturated carbocycles. The maximum atomic E-state index is 6.10. The second-order valence-electron chi connectivity index (χ2n) is 4.14. The topological polar surface area (TPSA) is 13.1 Å². The van der Waals surface area contributed by atoms with Crippen molar-refractivity contribution in [3.05, 3.63) is 42.2 Å². The highest BCUT2D eigenvalue weighted by Gasteiger charge is 2.14. The van der Waals surface area contributed by atoms with Crippen molar-refractivity contribution >= 4 is 22.4 Å². The summed E-state index contributed by atoms with van der Waals surface area (Å²) in [6, 6.07) is 5.88. The van der Waals surface area contributed by atoms with Crippen LogP contribution in [0.4, 0.5) is 0 Å². The van der Waals surface area contributed by atoms with Gasteiger partial charge in [-0.05, 0) is 19.4 Å². The number of fused-ring (bicyclic) bond motifs is 1. The summed E-state index contributed by atoms with van der Waals surface area (Å²) in [5.41, 5.74) is 0. The van der Waals surface area contributed by atoms with Gasteiger partial charge in [0.15, 0.2) is 0 Å². The lowest BCUT2D eigenvalue weighted by atomic mass is 9.99. The van der Waals surface area contributed by atoms with Gasteiger partial charge in [-0.3, -0.25) is 0 Å². The minimum Gasteiger partial charge on any atom is -0.468 e. The van der Waals surface area contributed by atoms with Crippen LogP contribution >= 0.6 is 11.6 Å². The molecule has 2 rings (SSSR count). The molecule has 0 aliphatic carbocycles. The number of unbranched alkanes of at least 4 members (excludes halogenated alkanes) is 1. The Hall–Kier alpha value is -0.950. The average molecular weight is 236 g/mol. The third-order valence-corrected chi connectivity index (χ3v) is 3.23. The van der Waals surface area contributed by atoms with Gasteiger partial charge in [0.2, 0.25) is 0 Å². The first-order valence-electron chi connectivity index (χ1n) is 5.72. The van der Waals surface area contributed by atoms with Crippen LogP contribution in [0.15, 0.2) is 28.9 Å². The summed E-state index contributed by atoms with van der Waals surface area (Å²) < 4.78 is 5.61. The van der Waals surface area contributed by atoms with E-state index in [2.05, 4.69) is 13.8 Å². The highest BCUT2D eigenvalue weighted by Crippen LogP contribution is 2.33. The van der Waals surface area contributed by atoms with Gasteiger partial charge >= 0.3 is 0 Å². The molecule has 2 heteroatoms. The third-order valence-electron chi connectivity index (χ3n) is 2.90. The Morgan fingerprint density at radius 3 is 2.94 bits per heavy atom. The van der Waals surface area contributed by atoms with Crippen LogP contribution in [-0.2, 0) is 0 Å². The van der Waals surface area contributed by atoms with E-state index in [1.807, 2.05) is 18.2 Å². The number of halogens is 1. The van der Waals surface area contributed by atoms with Crippen molar-refractivity contribution < 1.29 is 4.42 Å². The number of hydrogen-bond donors (Lipinski definition) is 0. The predicted molar refractivity (Wildman–Crippen MR) is 68.8 cm³/mol. The first kappa shape index (κ1) is 11.5. The van der Waals surface area contributed by atoms with Gasteiger partial charge in [-0.15, -0.1) is 0 Å². The first-order chi connectivity index (χ1) is 7.74. The Morgan fingerprint density at radius 2 is 2.19 bits per heavy atom. The maximum Gasteiger partial charge on any atom is 0.114 e. The van der Waals surface area contributed by atoms with Crippen molar-refractivity contribution in [3.63, 3.8) is 0 Å². The molecular weight excluding hydrogens is 220 g/mol. The molecular formula is C14H16ClO. The highest BCUT2D eigenvalue weighted by molar-refractivity contribution is 6.35. The smallest absolute Gasteiger partial charge is 0.114 e. The number of furan rings is 1. The normalized spacial score (nSPS) is 13.2. The Bertz CT molecular complexity index is 473. The zero-order valence-corrected chi connectivity index (χ0v) is 10.3. The van der Waals surface area contributed by atoms with Gasteiger partial charge in [0.25, 0.3) is 0 Å². The molecule has 0 amide bonds. The Balaban J connectivity index is 2.34. The summed E-state index contributed by atoms with van der Waals surface area (Å²) in [6.45, 7) is 6.35. The van der Waals surface area contributed by atoms with Gasteiger partial charge in [0, 0.05) is 16.7 Å². The number of hydrogen-bond acceptors (Lipinski definition) is 1. The van der Waals surface area contributed by atoms with Crippen molar-refractivity contribution in [3.8, 4) is 0 Å². The zero-order valence-electron chi connectivity index (χ0n) is 9.50. The van der Waals surface area contributed by atoms with E-state index in [1.54, 1.807) is 6.26 Å². The third kappa shape index (κ3) is 2.10. The fourth-order valence-electron chi connectivity index (χ4n) is 1.96. The lowest BCUT2D eigenvalue weighted by molar-refractivity contribution is 0.476. The van der Waals surface area contributed by atoms with Gasteiger partial charge in [-0.1, -0.05) is 43.5 Å². The SMILES string of the molecule is [CH2]C(CCCC)c1occ2c(Cl)cccc12. The van der Waals surface area contributed by atoms with Gasteiger partial charge in [-0.25, -0.2) is 0 Å². The average Bonchev–Trinajstić information content (AvgIpc) is 2.71. The molecule has 85 valence electrons. The molecule has 0 bridgehead atoms. The van der Waals surface area contributed by atoms with E-state index < -0.39 is 0 Å². The number of rotatable bonds is 4. The van der Waals surface area contributed by atoms with E-state index in [9.17, 15) is 0 Å². The summed E-state index contributed by atoms with van der Waals surface area (Å²) in [5.74, 6) is 1.18. The maximum absolute atomic E-state index is 6.10. The van der Waals surface area contributed by atoms with Crippen LogP contribution in [0, 0.1) is 6.92 Å². The minimum atomic E-state index is 0.218. The molecule has 1 heterocycles. The second-order valence-corrected chi connectivity index (χ2v) is 4.55. The van der Waals surface area contributed by atoms with Gasteiger partial charge in [0.1, 0.15) is 12.0 Å². The van der Waals surface area contributed by atoms with Gasteiger partial charge < -0.3 is 4.42 Å². The first-order valence-corrected chi connectivity index (χ1v) is 6.10. The number of benzene rings is 1. The van der Waals surface area contributed by atoms with Crippen LogP contribution in [-0.4, -0.2) is 0 Å². The van der Waals surface area contributed by atoms with Crippen LogP contribution in [0.3, 0.4) is 0 Å². The van der Waals surface area contributed by atoms with Crippen LogP contribution in [0.2, 0.25) is 5.02 Å². The molecule has 16 heavy (non-hydrogen) atoms. The second kappa shape index (κ2) is 4.92. The summed E-state index contributed by atoms with van der Waals surface area (Å²) in [6.07, 6.45) is 5.16. The van der Waals surface area contributed by atoms with Crippen LogP contribution < -0.4 is 0 Å². The van der Waals surface area contributed by atoms with Crippen LogP contribution in [0.5, 0.6) is 0 Å². The molecule has 1 aromatic heterocycles. The Labute approximate surface area is 101 Å². The summed E-state index contributed by atoms with van der Waals surface area (Å²) in [4.78, 5) is 0. The molecule has 1 atom stereocenters. The van der Waals surface area contributed by atoms with E-state index in [0.717, 1.165) is 28.0 Å². The fraction of sp³-hybridized carbons (Fsp3) is 0.357. The van der Waals surface area contributed by atoms with E-state index in [0.29, 0.717) is 0 Å². The lowest BCUT2D eigenvalue weighted by Gasteiger charge is -2.07. The van der Waals surface area contributed by atoms with E-state index >= 15 is 0 Å². The van der Waals surface area contributed by atoms with Crippen molar-refractivity contribution in [2.75, 3.05) is 0 Å². The highest BCUT2D eigenvalue weighted by atomic mass is 35.5. The van der Waals surface area contributed by atoms with E-state index in [4.69, 9.17) is 16.0 Å². The molecule has 1 aromatic carbocycles. The summed E-state index contributed by atoms with van der Waals surface area (Å²) in [5, 5.41) is 2.84. The van der Waals surface area contributed by atoms with Crippen molar-refractivity contribution in [2.45, 2.75) is 32.1 Å². The van der Waals surface area contributed by atoms with Crippen LogP contribution in [0.25, 0.3) is 10.8 Å². The molecule has 0 saturated heterocycles. The predicted octanol–water partition coefficient (Wildman–Crippen LogP) is 5.19. The van der Waals surface area contributed by atoms with Crippen molar-refractivity contribution in [1.82, 2.24) is 0 Å². The Kier molecular flexibility index (Phi) is 3.55. The molecule has 0 N–H and O–H groups in total. The Morgan fingerprint density at radius 1 is 1.38 bits per heavy atom. The largest absolute Gasteiger partial charge is 0.468 e. The quantitative estimate of drug-likeness (QED) is 0.711. The van der Waals surface area contributed by atoms with Crippen LogP contribution in [0.1, 0.15) is 37.9 Å². The molecule has 0 aliphatic heterocycles. The van der Waals surface area contributed by atoms with E-state index in [1.165, 1.54) is 12.8 Å². The molecule has 1 radical (unpaired) electrons. The molecule has 1 nitrogen and oxygen atoms in total. The zero-order chi connectivity index (χ0) is 11.5. The monoisotopic (exact) mass is 235 g/mol. The molecule has 0 fully saturated rings. The molecule has 0 spiro atoms. The van der Waals surface area contributed by atoms with Gasteiger partial charge in [-0.2, -0.15) is 0 Å². The molecule has 1 unspecified atom stereocenters.